The smallest absolute Gasteiger partial charge is 0.254 e. The van der Waals surface area contributed by atoms with E-state index in [1.165, 1.54) is 0 Å². The average Bonchev–Trinajstić information content (AvgIpc) is 2.23. The molecule has 2 rings (SSSR count). The van der Waals surface area contributed by atoms with Crippen LogP contribution in [0.25, 0.3) is 0 Å². The summed E-state index contributed by atoms with van der Waals surface area (Å²) in [7, 11) is 0. The molecule has 1 atom stereocenters. The van der Waals surface area contributed by atoms with Gasteiger partial charge in [-0.3, -0.25) is 4.79 Å². The van der Waals surface area contributed by atoms with E-state index in [9.17, 15) is 4.79 Å². The van der Waals surface area contributed by atoms with Gasteiger partial charge >= 0.3 is 0 Å². The minimum atomic E-state index is -0.668. The van der Waals surface area contributed by atoms with Crippen molar-refractivity contribution < 1.29 is 9.53 Å². The molecule has 2 aliphatic heterocycles. The molecule has 0 aliphatic carbocycles. The van der Waals surface area contributed by atoms with Gasteiger partial charge in [0.1, 0.15) is 5.60 Å². The lowest BCUT2D eigenvalue weighted by atomic mass is 10.0. The molecule has 2 fully saturated rings. The number of rotatable bonds is 0. The standard InChI is InChI=1S/C9H16N2O2/c1-8(2)7(12)11-9(13-8)4-3-5-10-6-9/h10H,3-6H2,1-2H3,(H,11,12). The monoisotopic (exact) mass is 184 g/mol. The van der Waals surface area contributed by atoms with Crippen LogP contribution in [0.15, 0.2) is 0 Å². The van der Waals surface area contributed by atoms with Crippen molar-refractivity contribution in [3.8, 4) is 0 Å². The highest BCUT2D eigenvalue weighted by atomic mass is 16.6. The van der Waals surface area contributed by atoms with Crippen LogP contribution >= 0.6 is 0 Å². The highest BCUT2D eigenvalue weighted by Crippen LogP contribution is 2.30. The molecule has 13 heavy (non-hydrogen) atoms. The Morgan fingerprint density at radius 1 is 1.46 bits per heavy atom. The summed E-state index contributed by atoms with van der Waals surface area (Å²) in [6.45, 7) is 5.36. The van der Waals surface area contributed by atoms with Gasteiger partial charge in [-0.05, 0) is 33.2 Å². The quantitative estimate of drug-likeness (QED) is 0.557. The first-order valence-electron chi connectivity index (χ1n) is 4.78. The molecule has 4 heteroatoms. The third-order valence-electron chi connectivity index (χ3n) is 2.68. The molecule has 0 radical (unpaired) electrons. The molecule has 1 amide bonds. The third kappa shape index (κ3) is 1.44. The lowest BCUT2D eigenvalue weighted by Crippen LogP contribution is -2.54. The van der Waals surface area contributed by atoms with Gasteiger partial charge in [0.2, 0.25) is 0 Å². The van der Waals surface area contributed by atoms with Gasteiger partial charge in [-0.15, -0.1) is 0 Å². The molecule has 0 aromatic rings. The summed E-state index contributed by atoms with van der Waals surface area (Å²) in [4.78, 5) is 11.5. The number of carbonyl (C=O) groups is 1. The molecule has 0 saturated carbocycles. The second-order valence-electron chi connectivity index (χ2n) is 4.34. The van der Waals surface area contributed by atoms with E-state index in [2.05, 4.69) is 10.6 Å². The number of ether oxygens (including phenoxy) is 1. The first kappa shape index (κ1) is 8.97. The van der Waals surface area contributed by atoms with Crippen molar-refractivity contribution in [2.75, 3.05) is 13.1 Å². The molecule has 0 aromatic carbocycles. The van der Waals surface area contributed by atoms with Crippen molar-refractivity contribution in [1.29, 1.82) is 0 Å². The van der Waals surface area contributed by atoms with Crippen molar-refractivity contribution in [2.45, 2.75) is 38.0 Å². The van der Waals surface area contributed by atoms with Crippen molar-refractivity contribution in [3.63, 3.8) is 0 Å². The van der Waals surface area contributed by atoms with Gasteiger partial charge in [0.05, 0.1) is 0 Å². The van der Waals surface area contributed by atoms with E-state index in [1.807, 2.05) is 13.8 Å². The van der Waals surface area contributed by atoms with Crippen LogP contribution in [0.5, 0.6) is 0 Å². The molecule has 2 saturated heterocycles. The average molecular weight is 184 g/mol. The topological polar surface area (TPSA) is 50.4 Å². The van der Waals surface area contributed by atoms with E-state index in [0.29, 0.717) is 0 Å². The Hall–Kier alpha value is -0.610. The Bertz CT molecular complexity index is 232. The number of piperidine rings is 1. The Kier molecular flexibility index (Phi) is 1.85. The zero-order valence-electron chi connectivity index (χ0n) is 8.14. The Balaban J connectivity index is 2.14. The fourth-order valence-electron chi connectivity index (χ4n) is 1.99. The SMILES string of the molecule is CC1(C)OC2(CCCNC2)NC1=O. The van der Waals surface area contributed by atoms with E-state index in [1.54, 1.807) is 0 Å². The van der Waals surface area contributed by atoms with Crippen molar-refractivity contribution in [3.05, 3.63) is 0 Å². The lowest BCUT2D eigenvalue weighted by molar-refractivity contribution is -0.135. The normalized spacial score (nSPS) is 37.8. The maximum absolute atomic E-state index is 11.5. The molecule has 2 N–H and O–H groups in total. The second-order valence-corrected chi connectivity index (χ2v) is 4.34. The maximum Gasteiger partial charge on any atom is 0.254 e. The predicted octanol–water partition coefficient (Wildman–Crippen LogP) is -0.00890. The minimum absolute atomic E-state index is 0.00352. The zero-order valence-corrected chi connectivity index (χ0v) is 8.14. The molecule has 2 aliphatic rings. The zero-order chi connectivity index (χ0) is 9.53. The first-order valence-corrected chi connectivity index (χ1v) is 4.78. The third-order valence-corrected chi connectivity index (χ3v) is 2.68. The van der Waals surface area contributed by atoms with Crippen LogP contribution in [-0.4, -0.2) is 30.3 Å². The van der Waals surface area contributed by atoms with Crippen LogP contribution in [0.3, 0.4) is 0 Å². The maximum atomic E-state index is 11.5. The van der Waals surface area contributed by atoms with E-state index in [0.717, 1.165) is 25.9 Å². The summed E-state index contributed by atoms with van der Waals surface area (Å²) in [5, 5.41) is 6.17. The summed E-state index contributed by atoms with van der Waals surface area (Å²) in [5.74, 6) is -0.00352. The summed E-state index contributed by atoms with van der Waals surface area (Å²) in [6.07, 6.45) is 1.96. The second kappa shape index (κ2) is 2.69. The number of hydrogen-bond acceptors (Lipinski definition) is 3. The van der Waals surface area contributed by atoms with Crippen molar-refractivity contribution in [2.24, 2.45) is 0 Å². The number of amides is 1. The van der Waals surface area contributed by atoms with Gasteiger partial charge in [0.25, 0.3) is 5.91 Å². The van der Waals surface area contributed by atoms with E-state index in [-0.39, 0.29) is 5.91 Å². The minimum Gasteiger partial charge on any atom is -0.339 e. The number of carbonyl (C=O) groups excluding carboxylic acids is 1. The van der Waals surface area contributed by atoms with Crippen LogP contribution < -0.4 is 10.6 Å². The van der Waals surface area contributed by atoms with Crippen LogP contribution in [0, 0.1) is 0 Å². The highest BCUT2D eigenvalue weighted by Gasteiger charge is 2.50. The van der Waals surface area contributed by atoms with Crippen molar-refractivity contribution >= 4 is 5.91 Å². The fraction of sp³-hybridized carbons (Fsp3) is 0.889. The largest absolute Gasteiger partial charge is 0.339 e. The highest BCUT2D eigenvalue weighted by molar-refractivity contribution is 5.86. The molecule has 4 nitrogen and oxygen atoms in total. The van der Waals surface area contributed by atoms with E-state index < -0.39 is 11.3 Å². The molecule has 1 unspecified atom stereocenters. The number of nitrogens with one attached hydrogen (secondary N) is 2. The van der Waals surface area contributed by atoms with Crippen LogP contribution in [-0.2, 0) is 9.53 Å². The van der Waals surface area contributed by atoms with Gasteiger partial charge in [-0.25, -0.2) is 0 Å². The fourth-order valence-corrected chi connectivity index (χ4v) is 1.99. The summed E-state index contributed by atoms with van der Waals surface area (Å²) >= 11 is 0. The molecule has 1 spiro atoms. The predicted molar refractivity (Wildman–Crippen MR) is 48.1 cm³/mol. The molecular formula is C9H16N2O2. The van der Waals surface area contributed by atoms with Gasteiger partial charge < -0.3 is 15.4 Å². The van der Waals surface area contributed by atoms with E-state index >= 15 is 0 Å². The van der Waals surface area contributed by atoms with Crippen LogP contribution in [0.4, 0.5) is 0 Å². The van der Waals surface area contributed by atoms with E-state index in [4.69, 9.17) is 4.74 Å². The summed E-state index contributed by atoms with van der Waals surface area (Å²) < 4.78 is 5.77. The lowest BCUT2D eigenvalue weighted by Gasteiger charge is -2.33. The molecule has 0 bridgehead atoms. The number of hydrogen-bond donors (Lipinski definition) is 2. The Morgan fingerprint density at radius 3 is 2.69 bits per heavy atom. The molecular weight excluding hydrogens is 168 g/mol. The summed E-state index contributed by atoms with van der Waals surface area (Å²) in [6, 6.07) is 0. The Labute approximate surface area is 78.0 Å². The molecule has 0 aromatic heterocycles. The van der Waals surface area contributed by atoms with Gasteiger partial charge in [0.15, 0.2) is 5.72 Å². The Morgan fingerprint density at radius 2 is 2.23 bits per heavy atom. The van der Waals surface area contributed by atoms with Crippen LogP contribution in [0.1, 0.15) is 26.7 Å². The van der Waals surface area contributed by atoms with Crippen molar-refractivity contribution in [1.82, 2.24) is 10.6 Å². The molecule has 74 valence electrons. The summed E-state index contributed by atoms with van der Waals surface area (Å²) in [5.41, 5.74) is -1.10. The van der Waals surface area contributed by atoms with Gasteiger partial charge in [-0.1, -0.05) is 0 Å². The van der Waals surface area contributed by atoms with Gasteiger partial charge in [-0.2, -0.15) is 0 Å². The van der Waals surface area contributed by atoms with Gasteiger partial charge in [0, 0.05) is 6.54 Å². The first-order chi connectivity index (χ1) is 6.04. The van der Waals surface area contributed by atoms with Crippen LogP contribution in [0.2, 0.25) is 0 Å². The molecule has 2 heterocycles.